The second-order valence-electron chi connectivity index (χ2n) is 1.67. The molecule has 49 valence electrons. The highest BCUT2D eigenvalue weighted by Crippen LogP contribution is 2.12. The summed E-state index contributed by atoms with van der Waals surface area (Å²) in [5.74, 6) is 0.953. The first-order valence-electron chi connectivity index (χ1n) is 3.08. The van der Waals surface area contributed by atoms with E-state index in [-0.39, 0.29) is 5.44 Å². The first-order valence-corrected chi connectivity index (χ1v) is 4.13. The molecule has 0 amide bonds. The van der Waals surface area contributed by atoms with Crippen molar-refractivity contribution in [3.05, 3.63) is 0 Å². The van der Waals surface area contributed by atoms with Gasteiger partial charge in [-0.25, -0.2) is 5.11 Å². The first kappa shape index (κ1) is 8.31. The van der Waals surface area contributed by atoms with Crippen LogP contribution in [0.4, 0.5) is 0 Å². The summed E-state index contributed by atoms with van der Waals surface area (Å²) in [6, 6.07) is 0. The molecule has 0 N–H and O–H groups in total. The van der Waals surface area contributed by atoms with E-state index in [4.69, 9.17) is 0 Å². The Hall–Kier alpha value is 0.310. The van der Waals surface area contributed by atoms with E-state index in [0.717, 1.165) is 18.6 Å². The van der Waals surface area contributed by atoms with Crippen LogP contribution in [0.1, 0.15) is 26.7 Å². The average molecular weight is 133 g/mol. The van der Waals surface area contributed by atoms with E-state index in [0.29, 0.717) is 0 Å². The Kier molecular flexibility index (Phi) is 5.66. The molecule has 0 bridgehead atoms. The molecule has 0 aliphatic heterocycles. The van der Waals surface area contributed by atoms with Crippen LogP contribution in [0.2, 0.25) is 0 Å². The molecule has 1 nitrogen and oxygen atoms in total. The fourth-order valence-electron chi connectivity index (χ4n) is 0.505. The van der Waals surface area contributed by atoms with Crippen LogP contribution in [0.15, 0.2) is 0 Å². The third-order valence-corrected chi connectivity index (χ3v) is 1.82. The maximum absolute atomic E-state index is 10.7. The largest absolute Gasteiger partial charge is 0.221 e. The Morgan fingerprint density at radius 1 is 1.50 bits per heavy atom. The fraction of sp³-hybridized carbons (Fsp3) is 1.00. The minimum absolute atomic E-state index is 0.370. The minimum atomic E-state index is -0.370. The lowest BCUT2D eigenvalue weighted by molar-refractivity contribution is 0.156. The van der Waals surface area contributed by atoms with Gasteiger partial charge in [0.2, 0.25) is 0 Å². The summed E-state index contributed by atoms with van der Waals surface area (Å²) in [6.07, 6.45) is 1.83. The lowest BCUT2D eigenvalue weighted by Gasteiger charge is -2.01. The summed E-state index contributed by atoms with van der Waals surface area (Å²) in [5, 5.41) is 10.7. The van der Waals surface area contributed by atoms with Gasteiger partial charge in [0.15, 0.2) is 0 Å². The van der Waals surface area contributed by atoms with Crippen LogP contribution in [-0.4, -0.2) is 11.2 Å². The molecule has 0 aromatic rings. The van der Waals surface area contributed by atoms with Crippen molar-refractivity contribution in [3.63, 3.8) is 0 Å². The van der Waals surface area contributed by atoms with Crippen molar-refractivity contribution in [1.82, 2.24) is 0 Å². The van der Waals surface area contributed by atoms with Gasteiger partial charge in [-0.2, -0.15) is 0 Å². The highest BCUT2D eigenvalue weighted by molar-refractivity contribution is 7.99. The van der Waals surface area contributed by atoms with Gasteiger partial charge in [0.1, 0.15) is 5.44 Å². The van der Waals surface area contributed by atoms with Crippen LogP contribution in [0.3, 0.4) is 0 Å². The van der Waals surface area contributed by atoms with Gasteiger partial charge in [-0.15, -0.1) is 11.8 Å². The molecule has 0 aliphatic carbocycles. The molecule has 2 heteroatoms. The van der Waals surface area contributed by atoms with E-state index >= 15 is 0 Å². The van der Waals surface area contributed by atoms with Crippen molar-refractivity contribution in [3.8, 4) is 0 Å². The molecule has 0 aromatic carbocycles. The highest BCUT2D eigenvalue weighted by atomic mass is 32.2. The van der Waals surface area contributed by atoms with E-state index in [2.05, 4.69) is 0 Å². The first-order chi connectivity index (χ1) is 3.81. The van der Waals surface area contributed by atoms with Gasteiger partial charge in [0.05, 0.1) is 0 Å². The predicted octanol–water partition coefficient (Wildman–Crippen LogP) is 2.30. The molecular weight excluding hydrogens is 120 g/mol. The van der Waals surface area contributed by atoms with Crippen LogP contribution >= 0.6 is 11.8 Å². The molecule has 0 fully saturated rings. The summed E-state index contributed by atoms with van der Waals surface area (Å²) < 4.78 is 0. The third-order valence-electron chi connectivity index (χ3n) is 0.877. The van der Waals surface area contributed by atoms with E-state index < -0.39 is 0 Å². The van der Waals surface area contributed by atoms with Crippen LogP contribution in [0.25, 0.3) is 0 Å². The van der Waals surface area contributed by atoms with Crippen molar-refractivity contribution in [1.29, 1.82) is 0 Å². The molecule has 0 rings (SSSR count). The van der Waals surface area contributed by atoms with Crippen LogP contribution in [-0.2, 0) is 5.11 Å². The molecule has 0 spiro atoms. The summed E-state index contributed by atoms with van der Waals surface area (Å²) in [7, 11) is 0. The SMILES string of the molecule is CCCC([O])SCC. The van der Waals surface area contributed by atoms with E-state index in [1.807, 2.05) is 13.8 Å². The Bertz CT molecular complexity index is 41.8. The Labute approximate surface area is 55.5 Å². The summed E-state index contributed by atoms with van der Waals surface area (Å²) in [4.78, 5) is 0. The lowest BCUT2D eigenvalue weighted by Crippen LogP contribution is -1.96. The molecule has 1 unspecified atom stereocenters. The van der Waals surface area contributed by atoms with Crippen molar-refractivity contribution >= 4 is 11.8 Å². The number of rotatable bonds is 4. The second kappa shape index (κ2) is 5.45. The highest BCUT2D eigenvalue weighted by Gasteiger charge is 2.00. The number of thioether (sulfide) groups is 1. The van der Waals surface area contributed by atoms with Crippen molar-refractivity contribution in [2.45, 2.75) is 32.1 Å². The molecule has 0 saturated heterocycles. The molecule has 0 aromatic heterocycles. The van der Waals surface area contributed by atoms with Crippen LogP contribution in [0.5, 0.6) is 0 Å². The Morgan fingerprint density at radius 2 is 2.12 bits per heavy atom. The topological polar surface area (TPSA) is 19.9 Å². The van der Waals surface area contributed by atoms with E-state index in [1.165, 1.54) is 11.8 Å². The van der Waals surface area contributed by atoms with Crippen LogP contribution in [0, 0.1) is 0 Å². The zero-order valence-electron chi connectivity index (χ0n) is 5.52. The maximum Gasteiger partial charge on any atom is 0.138 e. The van der Waals surface area contributed by atoms with Gasteiger partial charge in [-0.1, -0.05) is 20.3 Å². The Balaban J connectivity index is 2.92. The fourth-order valence-corrected chi connectivity index (χ4v) is 1.28. The zero-order valence-corrected chi connectivity index (χ0v) is 6.33. The summed E-state index contributed by atoms with van der Waals surface area (Å²) in [6.45, 7) is 4.06. The molecule has 1 atom stereocenters. The summed E-state index contributed by atoms with van der Waals surface area (Å²) >= 11 is 1.50. The van der Waals surface area contributed by atoms with Gasteiger partial charge in [-0.05, 0) is 12.2 Å². The maximum atomic E-state index is 10.7. The number of hydrogen-bond acceptors (Lipinski definition) is 1. The molecule has 0 saturated carbocycles. The van der Waals surface area contributed by atoms with Crippen molar-refractivity contribution in [2.24, 2.45) is 0 Å². The molecule has 0 aliphatic rings. The van der Waals surface area contributed by atoms with Crippen molar-refractivity contribution in [2.75, 3.05) is 5.75 Å². The number of hydrogen-bond donors (Lipinski definition) is 0. The Morgan fingerprint density at radius 3 is 2.50 bits per heavy atom. The minimum Gasteiger partial charge on any atom is -0.221 e. The third kappa shape index (κ3) is 4.47. The standard InChI is InChI=1S/C6H13OS/c1-3-5-6(7)8-4-2/h6H,3-5H2,1-2H3. The van der Waals surface area contributed by atoms with Crippen LogP contribution < -0.4 is 0 Å². The average Bonchev–Trinajstić information content (AvgIpc) is 1.68. The van der Waals surface area contributed by atoms with E-state index in [1.54, 1.807) is 0 Å². The van der Waals surface area contributed by atoms with Crippen molar-refractivity contribution < 1.29 is 5.11 Å². The molecular formula is C6H13OS. The second-order valence-corrected chi connectivity index (χ2v) is 3.11. The van der Waals surface area contributed by atoms with Gasteiger partial charge in [-0.3, -0.25) is 0 Å². The summed E-state index contributed by atoms with van der Waals surface area (Å²) in [5.41, 5.74) is -0.370. The monoisotopic (exact) mass is 133 g/mol. The van der Waals surface area contributed by atoms with Gasteiger partial charge in [0.25, 0.3) is 0 Å². The normalized spacial score (nSPS) is 13.9. The van der Waals surface area contributed by atoms with Gasteiger partial charge in [0, 0.05) is 0 Å². The molecule has 1 radical (unpaired) electrons. The van der Waals surface area contributed by atoms with E-state index in [9.17, 15) is 5.11 Å². The molecule has 0 heterocycles. The predicted molar refractivity (Wildman–Crippen MR) is 37.5 cm³/mol. The molecule has 8 heavy (non-hydrogen) atoms. The quantitative estimate of drug-likeness (QED) is 0.539. The zero-order chi connectivity index (χ0) is 6.41. The van der Waals surface area contributed by atoms with Gasteiger partial charge < -0.3 is 0 Å². The smallest absolute Gasteiger partial charge is 0.138 e. The lowest BCUT2D eigenvalue weighted by atomic mass is 10.4. The van der Waals surface area contributed by atoms with Gasteiger partial charge >= 0.3 is 0 Å².